The molecule has 1 N–H and O–H groups in total. The highest BCUT2D eigenvalue weighted by Gasteiger charge is 2.29. The summed E-state index contributed by atoms with van der Waals surface area (Å²) in [6, 6.07) is 1.73. The van der Waals surface area contributed by atoms with Gasteiger partial charge in [0.15, 0.2) is 5.16 Å². The first kappa shape index (κ1) is 22.1. The summed E-state index contributed by atoms with van der Waals surface area (Å²) in [6.45, 7) is 3.77. The van der Waals surface area contributed by atoms with Crippen molar-refractivity contribution in [1.29, 1.82) is 0 Å². The van der Waals surface area contributed by atoms with Gasteiger partial charge in [-0.25, -0.2) is 9.97 Å². The van der Waals surface area contributed by atoms with Gasteiger partial charge in [-0.15, -0.1) is 0 Å². The SMILES string of the molecule is COCCNC(=O)CSc1nc(Cl)cc(N2CCN(C(=O)C3CCCC3)CC2)n1. The molecule has 1 saturated carbocycles. The van der Waals surface area contributed by atoms with Gasteiger partial charge < -0.3 is 19.9 Å². The first-order valence-corrected chi connectivity index (χ1v) is 11.4. The molecular weight excluding hydrogens is 414 g/mol. The van der Waals surface area contributed by atoms with Gasteiger partial charge in [0.2, 0.25) is 11.8 Å². The molecule has 1 aromatic heterocycles. The zero-order chi connectivity index (χ0) is 20.6. The number of methoxy groups -OCH3 is 1. The van der Waals surface area contributed by atoms with Crippen molar-refractivity contribution in [3.63, 3.8) is 0 Å². The van der Waals surface area contributed by atoms with E-state index >= 15 is 0 Å². The van der Waals surface area contributed by atoms with Crippen molar-refractivity contribution in [3.8, 4) is 0 Å². The average molecular weight is 442 g/mol. The summed E-state index contributed by atoms with van der Waals surface area (Å²) in [7, 11) is 1.59. The van der Waals surface area contributed by atoms with Crippen LogP contribution in [-0.4, -0.2) is 78.9 Å². The van der Waals surface area contributed by atoms with Gasteiger partial charge in [0.1, 0.15) is 11.0 Å². The van der Waals surface area contributed by atoms with E-state index in [0.29, 0.717) is 55.5 Å². The molecule has 0 atom stereocenters. The molecule has 1 aliphatic carbocycles. The van der Waals surface area contributed by atoms with Crippen LogP contribution in [0.25, 0.3) is 0 Å². The summed E-state index contributed by atoms with van der Waals surface area (Å²) < 4.78 is 4.91. The van der Waals surface area contributed by atoms with Gasteiger partial charge in [0.05, 0.1) is 12.4 Å². The molecule has 1 aromatic rings. The fraction of sp³-hybridized carbons (Fsp3) is 0.684. The Balaban J connectivity index is 1.52. The average Bonchev–Trinajstić information content (AvgIpc) is 3.26. The summed E-state index contributed by atoms with van der Waals surface area (Å²) in [4.78, 5) is 37.3. The molecule has 2 heterocycles. The van der Waals surface area contributed by atoms with Crippen molar-refractivity contribution in [2.75, 3.05) is 57.1 Å². The third kappa shape index (κ3) is 6.45. The van der Waals surface area contributed by atoms with Crippen LogP contribution in [0.15, 0.2) is 11.2 Å². The topological polar surface area (TPSA) is 87.7 Å². The molecule has 160 valence electrons. The number of aromatic nitrogens is 2. The van der Waals surface area contributed by atoms with Crippen molar-refractivity contribution < 1.29 is 14.3 Å². The fourth-order valence-corrected chi connectivity index (χ4v) is 4.58. The van der Waals surface area contributed by atoms with Crippen LogP contribution in [0, 0.1) is 5.92 Å². The van der Waals surface area contributed by atoms with Crippen molar-refractivity contribution >= 4 is 41.0 Å². The Bertz CT molecular complexity index is 709. The Morgan fingerprint density at radius 3 is 2.66 bits per heavy atom. The zero-order valence-corrected chi connectivity index (χ0v) is 18.3. The van der Waals surface area contributed by atoms with Crippen LogP contribution < -0.4 is 10.2 Å². The van der Waals surface area contributed by atoms with Crippen molar-refractivity contribution in [1.82, 2.24) is 20.2 Å². The minimum Gasteiger partial charge on any atom is -0.383 e. The van der Waals surface area contributed by atoms with Crippen molar-refractivity contribution in [3.05, 3.63) is 11.2 Å². The Morgan fingerprint density at radius 1 is 1.24 bits per heavy atom. The molecule has 0 radical (unpaired) electrons. The lowest BCUT2D eigenvalue weighted by atomic mass is 10.1. The van der Waals surface area contributed by atoms with Crippen molar-refractivity contribution in [2.24, 2.45) is 5.92 Å². The minimum absolute atomic E-state index is 0.101. The minimum atomic E-state index is -0.101. The Kier molecular flexibility index (Phi) is 8.38. The number of carbonyl (C=O) groups is 2. The zero-order valence-electron chi connectivity index (χ0n) is 16.7. The Hall–Kier alpha value is -1.58. The highest BCUT2D eigenvalue weighted by Crippen LogP contribution is 2.28. The number of nitrogens with one attached hydrogen (secondary N) is 1. The van der Waals surface area contributed by atoms with E-state index in [-0.39, 0.29) is 17.6 Å². The maximum absolute atomic E-state index is 12.6. The molecule has 8 nitrogen and oxygen atoms in total. The third-order valence-corrected chi connectivity index (χ3v) is 6.28. The molecular formula is C19H28ClN5O3S. The monoisotopic (exact) mass is 441 g/mol. The van der Waals surface area contributed by atoms with E-state index in [1.807, 2.05) is 4.90 Å². The van der Waals surface area contributed by atoms with Crippen LogP contribution >= 0.6 is 23.4 Å². The van der Waals surface area contributed by atoms with Gasteiger partial charge in [-0.2, -0.15) is 0 Å². The molecule has 0 bridgehead atoms. The van der Waals surface area contributed by atoms with Crippen LogP contribution in [0.2, 0.25) is 5.15 Å². The molecule has 2 fully saturated rings. The predicted octanol–water partition coefficient (Wildman–Crippen LogP) is 1.82. The summed E-state index contributed by atoms with van der Waals surface area (Å²) in [5.41, 5.74) is 0. The molecule has 0 unspecified atom stereocenters. The summed E-state index contributed by atoms with van der Waals surface area (Å²) >= 11 is 7.43. The number of anilines is 1. The highest BCUT2D eigenvalue weighted by molar-refractivity contribution is 7.99. The Labute approximate surface area is 180 Å². The molecule has 1 saturated heterocycles. The second-order valence-electron chi connectivity index (χ2n) is 7.26. The lowest BCUT2D eigenvalue weighted by molar-refractivity contribution is -0.135. The van der Waals surface area contributed by atoms with E-state index in [4.69, 9.17) is 16.3 Å². The summed E-state index contributed by atoms with van der Waals surface area (Å²) in [6.07, 6.45) is 4.39. The second-order valence-corrected chi connectivity index (χ2v) is 8.59. The first-order chi connectivity index (χ1) is 14.1. The largest absolute Gasteiger partial charge is 0.383 e. The van der Waals surface area contributed by atoms with Crippen LogP contribution in [0.3, 0.4) is 0 Å². The number of rotatable bonds is 8. The number of thioether (sulfide) groups is 1. The number of halogens is 1. The lowest BCUT2D eigenvalue weighted by Gasteiger charge is -2.36. The maximum atomic E-state index is 12.6. The van der Waals surface area contributed by atoms with E-state index in [1.165, 1.54) is 24.6 Å². The number of hydrogen-bond acceptors (Lipinski definition) is 7. The van der Waals surface area contributed by atoms with Gasteiger partial charge >= 0.3 is 0 Å². The van der Waals surface area contributed by atoms with Crippen LogP contribution in [0.4, 0.5) is 5.82 Å². The summed E-state index contributed by atoms with van der Waals surface area (Å²) in [5.74, 6) is 1.37. The molecule has 2 amide bonds. The number of amides is 2. The van der Waals surface area contributed by atoms with Gasteiger partial charge in [-0.3, -0.25) is 9.59 Å². The van der Waals surface area contributed by atoms with E-state index in [1.54, 1.807) is 13.2 Å². The normalized spacial score (nSPS) is 17.6. The van der Waals surface area contributed by atoms with Gasteiger partial charge in [-0.05, 0) is 12.8 Å². The van der Waals surface area contributed by atoms with Crippen LogP contribution in [0.5, 0.6) is 0 Å². The molecule has 29 heavy (non-hydrogen) atoms. The van der Waals surface area contributed by atoms with Gasteiger partial charge in [0, 0.05) is 51.8 Å². The standard InChI is InChI=1S/C19H28ClN5O3S/c1-28-11-6-21-17(26)13-29-19-22-15(20)12-16(23-19)24-7-9-25(10-8-24)18(27)14-4-2-3-5-14/h12,14H,2-11,13H2,1H3,(H,21,26). The molecule has 1 aliphatic heterocycles. The first-order valence-electron chi connectivity index (χ1n) is 10.0. The number of piperazine rings is 1. The second kappa shape index (κ2) is 11.0. The molecule has 3 rings (SSSR count). The maximum Gasteiger partial charge on any atom is 0.230 e. The number of hydrogen-bond donors (Lipinski definition) is 1. The van der Waals surface area contributed by atoms with E-state index in [9.17, 15) is 9.59 Å². The molecule has 10 heteroatoms. The molecule has 0 aromatic carbocycles. The fourth-order valence-electron chi connectivity index (χ4n) is 3.67. The third-order valence-electron chi connectivity index (χ3n) is 5.24. The molecule has 0 spiro atoms. The number of ether oxygens (including phenoxy) is 1. The summed E-state index contributed by atoms with van der Waals surface area (Å²) in [5, 5.41) is 3.58. The lowest BCUT2D eigenvalue weighted by Crippen LogP contribution is -2.50. The number of carbonyl (C=O) groups excluding carboxylic acids is 2. The van der Waals surface area contributed by atoms with Gasteiger partial charge in [0.25, 0.3) is 0 Å². The number of nitrogens with zero attached hydrogens (tertiary/aromatic N) is 4. The van der Waals surface area contributed by atoms with Crippen LogP contribution in [0.1, 0.15) is 25.7 Å². The van der Waals surface area contributed by atoms with Crippen molar-refractivity contribution in [2.45, 2.75) is 30.8 Å². The van der Waals surface area contributed by atoms with E-state index in [0.717, 1.165) is 18.7 Å². The van der Waals surface area contributed by atoms with E-state index in [2.05, 4.69) is 20.2 Å². The highest BCUT2D eigenvalue weighted by atomic mass is 35.5. The smallest absolute Gasteiger partial charge is 0.230 e. The van der Waals surface area contributed by atoms with Crippen LogP contribution in [-0.2, 0) is 14.3 Å². The van der Waals surface area contributed by atoms with Gasteiger partial charge in [-0.1, -0.05) is 36.2 Å². The molecule has 2 aliphatic rings. The quantitative estimate of drug-likeness (QED) is 0.285. The Morgan fingerprint density at radius 2 is 1.97 bits per heavy atom. The predicted molar refractivity (Wildman–Crippen MR) is 113 cm³/mol. The van der Waals surface area contributed by atoms with E-state index < -0.39 is 0 Å².